The molecule has 6 rings (SSSR count). The highest BCUT2D eigenvalue weighted by atomic mass is 32.1. The number of piperazine rings is 1. The van der Waals surface area contributed by atoms with Crippen LogP contribution < -0.4 is 5.32 Å². The molecule has 0 unspecified atom stereocenters. The average molecular weight is 524 g/mol. The minimum atomic E-state index is 0.0743. The van der Waals surface area contributed by atoms with E-state index >= 15 is 0 Å². The van der Waals surface area contributed by atoms with Crippen molar-refractivity contribution in [3.63, 3.8) is 0 Å². The Bertz CT molecular complexity index is 1400. The predicted molar refractivity (Wildman–Crippen MR) is 149 cm³/mol. The lowest BCUT2D eigenvalue weighted by Gasteiger charge is -2.37. The van der Waals surface area contributed by atoms with Gasteiger partial charge < -0.3 is 15.1 Å². The second-order valence-electron chi connectivity index (χ2n) is 10.2. The van der Waals surface area contributed by atoms with Crippen LogP contribution in [0.1, 0.15) is 16.9 Å². The summed E-state index contributed by atoms with van der Waals surface area (Å²) in [5.41, 5.74) is 3.63. The van der Waals surface area contributed by atoms with Crippen molar-refractivity contribution in [2.45, 2.75) is 19.3 Å². The molecule has 0 radical (unpaired) electrons. The largest absolute Gasteiger partial charge is 0.340 e. The number of likely N-dealkylation sites (N-methyl/N-ethyl adjacent to an activating group) is 1. The van der Waals surface area contributed by atoms with Crippen LogP contribution in [0.5, 0.6) is 0 Å². The summed E-state index contributed by atoms with van der Waals surface area (Å²) in [6.07, 6.45) is 4.27. The number of amides is 1. The molecule has 36 heavy (non-hydrogen) atoms. The molecule has 8 nitrogen and oxygen atoms in total. The topological polar surface area (TPSA) is 69.5 Å². The van der Waals surface area contributed by atoms with E-state index in [1.54, 1.807) is 29.2 Å². The maximum absolute atomic E-state index is 13.4. The Morgan fingerprint density at radius 2 is 2.03 bits per heavy atom. The molecule has 4 aromatic rings. The second kappa shape index (κ2) is 9.74. The van der Waals surface area contributed by atoms with Gasteiger partial charge in [0.15, 0.2) is 0 Å². The number of thiophene rings is 1. The number of nitrogens with zero attached hydrogens (tertiary/aromatic N) is 6. The zero-order valence-corrected chi connectivity index (χ0v) is 22.8. The molecule has 3 aromatic heterocycles. The number of benzene rings is 1. The van der Waals surface area contributed by atoms with Gasteiger partial charge in [-0.25, -0.2) is 9.97 Å². The van der Waals surface area contributed by atoms with Gasteiger partial charge in [-0.15, -0.1) is 11.3 Å². The van der Waals surface area contributed by atoms with Crippen molar-refractivity contribution in [2.75, 3.05) is 58.7 Å². The van der Waals surface area contributed by atoms with Crippen LogP contribution in [-0.2, 0) is 24.7 Å². The van der Waals surface area contributed by atoms with Crippen LogP contribution >= 0.6 is 22.9 Å². The normalized spacial score (nSPS) is 18.9. The van der Waals surface area contributed by atoms with E-state index in [0.717, 1.165) is 80.3 Å². The quantitative estimate of drug-likeness (QED) is 0.415. The van der Waals surface area contributed by atoms with Gasteiger partial charge in [-0.3, -0.25) is 13.7 Å². The summed E-state index contributed by atoms with van der Waals surface area (Å²) in [4.78, 5) is 31.7. The third-order valence-electron chi connectivity index (χ3n) is 7.54. The lowest BCUT2D eigenvalue weighted by molar-refractivity contribution is -0.137. The molecule has 1 atom stereocenters. The first kappa shape index (κ1) is 23.8. The first-order chi connectivity index (χ1) is 17.5. The van der Waals surface area contributed by atoms with Crippen LogP contribution in [0.2, 0.25) is 0 Å². The standard InChI is InChI=1S/C26H33N7OS2/c1-30(2)8-9-32-10-12-33(13-11-32)26(34)17-4-6-19-21(14-17)35-25-23(19)24(27-16-28-25)29-18-5-7-20-22(15-18)36-31(20)3/h5,7,15-17H,4,6,8-14H2,1-3H3,(H,27,28,29)/t17-/m0/s1. The number of aryl methyl sites for hydroxylation is 2. The van der Waals surface area contributed by atoms with Gasteiger partial charge in [0.05, 0.1) is 15.6 Å². The summed E-state index contributed by atoms with van der Waals surface area (Å²) in [5, 5.41) is 4.68. The van der Waals surface area contributed by atoms with E-state index in [2.05, 4.69) is 73.3 Å². The first-order valence-corrected chi connectivity index (χ1v) is 14.3. The third kappa shape index (κ3) is 4.51. The molecule has 1 aliphatic heterocycles. The number of rotatable bonds is 6. The Kier molecular flexibility index (Phi) is 6.45. The lowest BCUT2D eigenvalue weighted by atomic mass is 9.86. The highest BCUT2D eigenvalue weighted by molar-refractivity contribution is 7.19. The highest BCUT2D eigenvalue weighted by Crippen LogP contribution is 2.41. The van der Waals surface area contributed by atoms with Crippen molar-refractivity contribution in [1.29, 1.82) is 0 Å². The Morgan fingerprint density at radius 3 is 2.78 bits per heavy atom. The zero-order valence-electron chi connectivity index (χ0n) is 21.2. The van der Waals surface area contributed by atoms with Crippen molar-refractivity contribution in [3.05, 3.63) is 35.0 Å². The molecule has 1 aromatic carbocycles. The third-order valence-corrected chi connectivity index (χ3v) is 9.70. The number of fused-ring (bicyclic) bond motifs is 4. The number of anilines is 2. The molecule has 1 N–H and O–H groups in total. The number of hydrogen-bond acceptors (Lipinski definition) is 8. The summed E-state index contributed by atoms with van der Waals surface area (Å²) in [6.45, 7) is 5.77. The predicted octanol–water partition coefficient (Wildman–Crippen LogP) is 3.80. The van der Waals surface area contributed by atoms with E-state index in [0.29, 0.717) is 5.91 Å². The highest BCUT2D eigenvalue weighted by Gasteiger charge is 2.32. The molecule has 1 fully saturated rings. The van der Waals surface area contributed by atoms with Gasteiger partial charge in [0.2, 0.25) is 5.91 Å². The van der Waals surface area contributed by atoms with Gasteiger partial charge in [0, 0.05) is 62.8 Å². The number of aromatic nitrogens is 3. The summed E-state index contributed by atoms with van der Waals surface area (Å²) in [5.74, 6) is 1.28. The first-order valence-electron chi connectivity index (χ1n) is 12.7. The van der Waals surface area contributed by atoms with Crippen LogP contribution in [0.3, 0.4) is 0 Å². The van der Waals surface area contributed by atoms with Crippen molar-refractivity contribution in [2.24, 2.45) is 13.0 Å². The molecule has 1 saturated heterocycles. The lowest BCUT2D eigenvalue weighted by Crippen LogP contribution is -2.51. The minimum Gasteiger partial charge on any atom is -0.340 e. The molecule has 1 aliphatic carbocycles. The number of carbonyl (C=O) groups excluding carboxylic acids is 1. The average Bonchev–Trinajstić information content (AvgIpc) is 3.25. The SMILES string of the molecule is CN(C)CCN1CCN(C(=O)[C@H]2CCc3c(sc4ncnc(Nc5ccc6c(c5)sn6C)c34)C2)CC1. The molecular formula is C26H33N7OS2. The molecule has 2 aliphatic rings. The fourth-order valence-corrected chi connectivity index (χ4v) is 7.59. The Balaban J connectivity index is 1.15. The molecular weight excluding hydrogens is 490 g/mol. The smallest absolute Gasteiger partial charge is 0.226 e. The Labute approximate surface area is 219 Å². The van der Waals surface area contributed by atoms with Gasteiger partial charge in [0.25, 0.3) is 0 Å². The van der Waals surface area contributed by atoms with E-state index in [1.165, 1.54) is 20.7 Å². The van der Waals surface area contributed by atoms with Crippen molar-refractivity contribution in [3.8, 4) is 0 Å². The molecule has 0 saturated carbocycles. The van der Waals surface area contributed by atoms with Gasteiger partial charge in [0.1, 0.15) is 17.0 Å². The molecule has 190 valence electrons. The molecule has 0 bridgehead atoms. The fraction of sp³-hybridized carbons (Fsp3) is 0.500. The van der Waals surface area contributed by atoms with Crippen molar-refractivity contribution < 1.29 is 4.79 Å². The van der Waals surface area contributed by atoms with E-state index in [1.807, 2.05) is 0 Å². The van der Waals surface area contributed by atoms with Gasteiger partial charge >= 0.3 is 0 Å². The zero-order chi connectivity index (χ0) is 24.8. The van der Waals surface area contributed by atoms with E-state index in [-0.39, 0.29) is 5.92 Å². The summed E-state index contributed by atoms with van der Waals surface area (Å²) >= 11 is 3.48. The van der Waals surface area contributed by atoms with Crippen molar-refractivity contribution in [1.82, 2.24) is 28.6 Å². The monoisotopic (exact) mass is 523 g/mol. The van der Waals surface area contributed by atoms with Crippen LogP contribution in [0.4, 0.5) is 11.5 Å². The number of carbonyl (C=O) groups is 1. The van der Waals surface area contributed by atoms with Crippen LogP contribution in [0.15, 0.2) is 24.5 Å². The van der Waals surface area contributed by atoms with Gasteiger partial charge in [-0.2, -0.15) is 0 Å². The second-order valence-corrected chi connectivity index (χ2v) is 12.5. The van der Waals surface area contributed by atoms with Gasteiger partial charge in [-0.05, 0) is 57.1 Å². The van der Waals surface area contributed by atoms with Crippen LogP contribution in [0, 0.1) is 5.92 Å². The minimum absolute atomic E-state index is 0.0743. The molecule has 4 heterocycles. The number of nitrogens with one attached hydrogen (secondary N) is 1. The summed E-state index contributed by atoms with van der Waals surface area (Å²) in [7, 11) is 6.30. The maximum atomic E-state index is 13.4. The van der Waals surface area contributed by atoms with Gasteiger partial charge in [-0.1, -0.05) is 11.5 Å². The van der Waals surface area contributed by atoms with E-state index in [9.17, 15) is 4.79 Å². The maximum Gasteiger partial charge on any atom is 0.226 e. The fourth-order valence-electron chi connectivity index (χ4n) is 5.43. The van der Waals surface area contributed by atoms with E-state index in [4.69, 9.17) is 0 Å². The van der Waals surface area contributed by atoms with Crippen molar-refractivity contribution >= 4 is 60.7 Å². The Morgan fingerprint density at radius 1 is 1.19 bits per heavy atom. The van der Waals surface area contributed by atoms with Crippen LogP contribution in [-0.4, -0.2) is 87.9 Å². The Hall–Kier alpha value is -2.53. The number of hydrogen-bond donors (Lipinski definition) is 1. The van der Waals surface area contributed by atoms with Crippen LogP contribution in [0.25, 0.3) is 20.4 Å². The van der Waals surface area contributed by atoms with E-state index < -0.39 is 0 Å². The summed E-state index contributed by atoms with van der Waals surface area (Å²) < 4.78 is 3.44. The molecule has 1 amide bonds. The molecule has 0 spiro atoms. The molecule has 10 heteroatoms. The summed E-state index contributed by atoms with van der Waals surface area (Å²) in [6, 6.07) is 6.44.